The molecule has 2 heterocycles. The van der Waals surface area contributed by atoms with E-state index in [-0.39, 0.29) is 42.7 Å². The van der Waals surface area contributed by atoms with E-state index in [4.69, 9.17) is 24.7 Å². The molecule has 40 heavy (non-hydrogen) atoms. The molecule has 2 aliphatic heterocycles. The molecule has 2 saturated heterocycles. The van der Waals surface area contributed by atoms with Crippen LogP contribution < -0.4 is 11.1 Å². The minimum absolute atomic E-state index is 0.000112. The molecule has 0 spiro atoms. The lowest BCUT2D eigenvalue weighted by Gasteiger charge is -2.32. The van der Waals surface area contributed by atoms with Crippen LogP contribution in [0.15, 0.2) is 59.5 Å². The van der Waals surface area contributed by atoms with E-state index in [0.29, 0.717) is 25.1 Å². The van der Waals surface area contributed by atoms with Gasteiger partial charge >= 0.3 is 6.09 Å². The van der Waals surface area contributed by atoms with Gasteiger partial charge in [0.15, 0.2) is 6.29 Å². The summed E-state index contributed by atoms with van der Waals surface area (Å²) in [5.41, 5.74) is 7.22. The molecular weight excluding hydrogens is 534 g/mol. The van der Waals surface area contributed by atoms with Gasteiger partial charge in [0.1, 0.15) is 12.0 Å². The van der Waals surface area contributed by atoms with Gasteiger partial charge in [-0.05, 0) is 49.1 Å². The van der Waals surface area contributed by atoms with Crippen LogP contribution in [-0.2, 0) is 35.4 Å². The number of nitrogen functional groups attached to an aromatic ring is 1. The number of nitrogens with zero attached hydrogens (tertiary/aromatic N) is 1. The second-order valence-electron chi connectivity index (χ2n) is 10.3. The third kappa shape index (κ3) is 7.46. The van der Waals surface area contributed by atoms with Crippen molar-refractivity contribution < 1.29 is 32.2 Å². The van der Waals surface area contributed by atoms with Gasteiger partial charge in [-0.15, -0.1) is 0 Å². The molecule has 3 N–H and O–H groups in total. The topological polar surface area (TPSA) is 129 Å². The molecular formula is C29H40N3O7S+. The summed E-state index contributed by atoms with van der Waals surface area (Å²) in [6, 6.07) is 15.1. The zero-order valence-corrected chi connectivity index (χ0v) is 23.9. The van der Waals surface area contributed by atoms with Crippen molar-refractivity contribution in [3.8, 4) is 0 Å². The predicted molar refractivity (Wildman–Crippen MR) is 151 cm³/mol. The second kappa shape index (κ2) is 13.7. The monoisotopic (exact) mass is 574 g/mol. The normalized spacial score (nSPS) is 22.9. The van der Waals surface area contributed by atoms with Crippen molar-refractivity contribution in [1.29, 1.82) is 0 Å². The highest BCUT2D eigenvalue weighted by Gasteiger charge is 2.44. The van der Waals surface area contributed by atoms with E-state index in [1.54, 1.807) is 12.1 Å². The van der Waals surface area contributed by atoms with Gasteiger partial charge in [-0.1, -0.05) is 37.3 Å². The van der Waals surface area contributed by atoms with Gasteiger partial charge in [-0.25, -0.2) is 13.2 Å². The van der Waals surface area contributed by atoms with Crippen LogP contribution >= 0.6 is 0 Å². The molecule has 2 fully saturated rings. The molecule has 0 aromatic heterocycles. The molecule has 2 aromatic carbocycles. The molecule has 0 aliphatic carbocycles. The number of sulfonamides is 1. The number of nitrogens with two attached hydrogens (primary N) is 1. The summed E-state index contributed by atoms with van der Waals surface area (Å²) in [6.07, 6.45) is -0.196. The number of carbonyl (C=O) groups excluding carboxylic acids is 1. The number of nitrogens with one attached hydrogen (secondary N) is 1. The summed E-state index contributed by atoms with van der Waals surface area (Å²) in [7, 11) is -2.40. The van der Waals surface area contributed by atoms with Gasteiger partial charge in [0.2, 0.25) is 10.0 Å². The largest absolute Gasteiger partial charge is 0.443 e. The highest BCUT2D eigenvalue weighted by molar-refractivity contribution is 7.89. The Bertz CT molecular complexity index is 1200. The average molecular weight is 575 g/mol. The first-order valence-corrected chi connectivity index (χ1v) is 15.1. The first kappa shape index (κ1) is 30.1. The van der Waals surface area contributed by atoms with Crippen LogP contribution in [0.3, 0.4) is 0 Å². The first-order chi connectivity index (χ1) is 19.2. The van der Waals surface area contributed by atoms with E-state index in [9.17, 15) is 13.2 Å². The summed E-state index contributed by atoms with van der Waals surface area (Å²) < 4.78 is 51.6. The maximum Gasteiger partial charge on any atom is 0.407 e. The number of rotatable bonds is 13. The van der Waals surface area contributed by atoms with Crippen LogP contribution in [0.2, 0.25) is 0 Å². The van der Waals surface area contributed by atoms with Gasteiger partial charge in [-0.3, -0.25) is 0 Å². The Labute approximate surface area is 237 Å². The number of hydrogen-bond donors (Lipinski definition) is 2. The molecule has 0 radical (unpaired) electrons. The van der Waals surface area contributed by atoms with Gasteiger partial charge in [0.25, 0.3) is 0 Å². The van der Waals surface area contributed by atoms with Crippen LogP contribution in [0.1, 0.15) is 25.3 Å². The number of alkyl carbamates (subject to hydrolysis) is 1. The molecule has 1 amide bonds. The van der Waals surface area contributed by atoms with Crippen molar-refractivity contribution in [1.82, 2.24) is 9.62 Å². The van der Waals surface area contributed by atoms with E-state index in [0.717, 1.165) is 12.0 Å². The summed E-state index contributed by atoms with van der Waals surface area (Å²) >= 11 is 0. The predicted octanol–water partition coefficient (Wildman–Crippen LogP) is 3.23. The lowest BCUT2D eigenvalue weighted by molar-refractivity contribution is -0.0907. The van der Waals surface area contributed by atoms with Gasteiger partial charge in [-0.2, -0.15) is 4.31 Å². The Morgan fingerprint density at radius 2 is 1.88 bits per heavy atom. The van der Waals surface area contributed by atoms with Crippen molar-refractivity contribution >= 4 is 21.8 Å². The van der Waals surface area contributed by atoms with Gasteiger partial charge in [0.05, 0.1) is 49.6 Å². The summed E-state index contributed by atoms with van der Waals surface area (Å²) in [6.45, 7) is 7.11. The summed E-state index contributed by atoms with van der Waals surface area (Å²) in [5, 5.41) is 2.96. The van der Waals surface area contributed by atoms with Crippen molar-refractivity contribution in [3.63, 3.8) is 0 Å². The SMILES string of the molecule is [CH2+]C(CC)CN(CC(OC)C(Cc1ccccc1)NC(=O)OC1COC2OCCC12)S(=O)(=O)c1ccc(N)cc1. The van der Waals surface area contributed by atoms with E-state index in [1.807, 2.05) is 37.3 Å². The van der Waals surface area contributed by atoms with Crippen LogP contribution in [0, 0.1) is 18.8 Å². The lowest BCUT2D eigenvalue weighted by atomic mass is 10.0. The maximum absolute atomic E-state index is 13.7. The molecule has 10 nitrogen and oxygen atoms in total. The molecule has 0 bridgehead atoms. The van der Waals surface area contributed by atoms with Crippen LogP contribution in [0.25, 0.3) is 0 Å². The van der Waals surface area contributed by atoms with Crippen molar-refractivity contribution in [2.75, 3.05) is 39.1 Å². The van der Waals surface area contributed by atoms with Gasteiger partial charge < -0.3 is 30.0 Å². The number of ether oxygens (including phenoxy) is 4. The van der Waals surface area contributed by atoms with E-state index in [2.05, 4.69) is 12.2 Å². The number of hydrogen-bond acceptors (Lipinski definition) is 8. The average Bonchev–Trinajstić information content (AvgIpc) is 3.56. The molecule has 0 saturated carbocycles. The number of fused-ring (bicyclic) bond motifs is 1. The second-order valence-corrected chi connectivity index (χ2v) is 12.3. The number of anilines is 1. The van der Waals surface area contributed by atoms with Crippen LogP contribution in [0.5, 0.6) is 0 Å². The van der Waals surface area contributed by atoms with Crippen molar-refractivity contribution in [3.05, 3.63) is 67.1 Å². The van der Waals surface area contributed by atoms with Crippen LogP contribution in [0.4, 0.5) is 10.5 Å². The Morgan fingerprint density at radius 1 is 1.15 bits per heavy atom. The standard InChI is InChI=1S/C29H39N3O7S/c1-4-20(2)17-32(40(34,35)23-12-10-22(30)11-13-23)18-26(36-3)25(16-21-8-6-5-7-9-21)31-29(33)39-27-19-38-28-24(27)14-15-37-28/h5-13,20,24-28H,2,4,14-19,30H2,1,3H3/p+1. The van der Waals surface area contributed by atoms with E-state index < -0.39 is 34.4 Å². The Morgan fingerprint density at radius 3 is 2.55 bits per heavy atom. The first-order valence-electron chi connectivity index (χ1n) is 13.7. The number of carbonyl (C=O) groups is 1. The fourth-order valence-corrected chi connectivity index (χ4v) is 6.59. The fraction of sp³-hybridized carbons (Fsp3) is 0.517. The van der Waals surface area contributed by atoms with E-state index >= 15 is 0 Å². The Balaban J connectivity index is 1.56. The maximum atomic E-state index is 13.7. The third-order valence-corrected chi connectivity index (χ3v) is 9.38. The number of amides is 1. The molecule has 4 rings (SSSR count). The fourth-order valence-electron chi connectivity index (χ4n) is 5.06. The molecule has 218 valence electrons. The highest BCUT2D eigenvalue weighted by Crippen LogP contribution is 2.33. The zero-order chi connectivity index (χ0) is 28.7. The van der Waals surface area contributed by atoms with Crippen molar-refractivity contribution in [2.45, 2.75) is 55.6 Å². The summed E-state index contributed by atoms with van der Waals surface area (Å²) in [4.78, 5) is 13.3. The van der Waals surface area contributed by atoms with E-state index in [1.165, 1.54) is 23.5 Å². The minimum atomic E-state index is -3.91. The minimum Gasteiger partial charge on any atom is -0.443 e. The Hall–Kier alpha value is -2.83. The lowest BCUT2D eigenvalue weighted by Crippen LogP contribution is -2.52. The Kier molecular flexibility index (Phi) is 10.3. The van der Waals surface area contributed by atoms with Crippen molar-refractivity contribution in [2.24, 2.45) is 11.8 Å². The molecule has 2 aliphatic rings. The zero-order valence-electron chi connectivity index (χ0n) is 23.1. The highest BCUT2D eigenvalue weighted by atomic mass is 32.2. The molecule has 11 heteroatoms. The molecule has 2 aromatic rings. The number of methoxy groups -OCH3 is 1. The summed E-state index contributed by atoms with van der Waals surface area (Å²) in [5.74, 6) is -0.143. The molecule has 6 atom stereocenters. The quantitative estimate of drug-likeness (QED) is 0.276. The third-order valence-electron chi connectivity index (χ3n) is 7.54. The van der Waals surface area contributed by atoms with Crippen LogP contribution in [-0.4, -0.2) is 76.8 Å². The number of benzene rings is 2. The molecule has 6 unspecified atom stereocenters. The smallest absolute Gasteiger partial charge is 0.407 e. The van der Waals surface area contributed by atoms with Gasteiger partial charge in [0, 0.05) is 19.3 Å².